The van der Waals surface area contributed by atoms with Crippen molar-refractivity contribution in [1.29, 1.82) is 0 Å². The van der Waals surface area contributed by atoms with Gasteiger partial charge in [-0.25, -0.2) is 4.39 Å². The molecule has 31 heavy (non-hydrogen) atoms. The first-order chi connectivity index (χ1) is 14.8. The molecule has 0 aromatic carbocycles. The Balaban J connectivity index is 1.46. The van der Waals surface area contributed by atoms with Gasteiger partial charge in [0.25, 0.3) is 5.78 Å². The molecule has 2 aliphatic carbocycles. The van der Waals surface area contributed by atoms with Gasteiger partial charge in [-0.3, -0.25) is 14.5 Å². The van der Waals surface area contributed by atoms with Gasteiger partial charge in [0.15, 0.2) is 18.0 Å². The highest BCUT2D eigenvalue weighted by Gasteiger charge is 2.60. The van der Waals surface area contributed by atoms with Crippen LogP contribution in [0.3, 0.4) is 0 Å². The lowest BCUT2D eigenvalue weighted by Gasteiger charge is -2.57. The molecule has 4 heterocycles. The van der Waals surface area contributed by atoms with Crippen molar-refractivity contribution in [3.8, 4) is 0 Å². The Morgan fingerprint density at radius 1 is 1.23 bits per heavy atom. The number of nitrogens with zero attached hydrogens (tertiary/aromatic N) is 3. The van der Waals surface area contributed by atoms with E-state index in [0.717, 1.165) is 6.42 Å². The van der Waals surface area contributed by atoms with Crippen LogP contribution in [0.1, 0.15) is 32.1 Å². The highest BCUT2D eigenvalue weighted by atomic mass is 32.2. The minimum absolute atomic E-state index is 0.0196. The van der Waals surface area contributed by atoms with E-state index in [9.17, 15) is 17.9 Å². The number of carbonyl (C=O) groups is 2. The third-order valence-corrected chi connectivity index (χ3v) is 8.79. The maximum absolute atomic E-state index is 15.9. The minimum Gasteiger partial charge on any atom is -0.479 e. The molecular weight excluding hydrogens is 433 g/mol. The standard InChI is InChI=1S/C20H23F3N4O3S/c21-14-12(26-4-3-9(24)7-26)6-8-5-10-19(22)25-31(23)20(10)27-11-1-2-13(28)16(29)17(11)30-18(14)15(8)27/h8-10,12,14-15,18H,1-7,24H2. The first-order valence-electron chi connectivity index (χ1n) is 10.8. The van der Waals surface area contributed by atoms with Gasteiger partial charge in [0.05, 0.1) is 17.7 Å². The average molecular weight is 456 g/mol. The molecule has 6 aliphatic rings. The summed E-state index contributed by atoms with van der Waals surface area (Å²) in [5, 5.41) is 0. The van der Waals surface area contributed by atoms with Crippen molar-refractivity contribution in [2.75, 3.05) is 13.1 Å². The largest absolute Gasteiger partial charge is 0.479 e. The maximum Gasteiger partial charge on any atom is 0.264 e. The summed E-state index contributed by atoms with van der Waals surface area (Å²) in [5.74, 6) is -3.33. The Morgan fingerprint density at radius 3 is 2.77 bits per heavy atom. The number of carbonyl (C=O) groups excluding carboxylic acids is 2. The van der Waals surface area contributed by atoms with Crippen molar-refractivity contribution in [2.45, 2.75) is 62.5 Å². The van der Waals surface area contributed by atoms with Crippen molar-refractivity contribution in [3.05, 3.63) is 11.5 Å². The lowest BCUT2D eigenvalue weighted by atomic mass is 9.69. The molecule has 8 unspecified atom stereocenters. The van der Waals surface area contributed by atoms with E-state index in [-0.39, 0.29) is 35.5 Å². The Kier molecular flexibility index (Phi) is 4.43. The van der Waals surface area contributed by atoms with E-state index in [4.69, 9.17) is 10.5 Å². The van der Waals surface area contributed by atoms with Crippen LogP contribution in [-0.2, 0) is 14.3 Å². The smallest absolute Gasteiger partial charge is 0.264 e. The van der Waals surface area contributed by atoms with Crippen LogP contribution in [0.4, 0.5) is 12.7 Å². The first kappa shape index (κ1) is 19.9. The average Bonchev–Trinajstić information content (AvgIpc) is 3.29. The molecule has 7 nitrogen and oxygen atoms in total. The molecule has 0 aromatic heterocycles. The van der Waals surface area contributed by atoms with E-state index >= 15 is 4.39 Å². The van der Waals surface area contributed by atoms with Gasteiger partial charge in [-0.2, -0.15) is 8.79 Å². The number of rotatable bonds is 1. The number of ketones is 2. The first-order valence-corrected chi connectivity index (χ1v) is 11.8. The van der Waals surface area contributed by atoms with Crippen LogP contribution in [0.5, 0.6) is 0 Å². The van der Waals surface area contributed by atoms with Gasteiger partial charge in [-0.1, -0.05) is 0 Å². The third kappa shape index (κ3) is 2.75. The topological polar surface area (TPSA) is 88.2 Å². The van der Waals surface area contributed by atoms with Crippen LogP contribution < -0.4 is 5.73 Å². The van der Waals surface area contributed by atoms with Gasteiger partial charge in [0.2, 0.25) is 11.7 Å². The van der Waals surface area contributed by atoms with Gasteiger partial charge in [-0.15, -0.1) is 3.89 Å². The summed E-state index contributed by atoms with van der Waals surface area (Å²) in [6, 6.07) is -1.05. The summed E-state index contributed by atoms with van der Waals surface area (Å²) in [4.78, 5) is 28.4. The predicted octanol–water partition coefficient (Wildman–Crippen LogP) is 1.56. The number of ether oxygens (including phenoxy) is 1. The van der Waals surface area contributed by atoms with Crippen molar-refractivity contribution in [3.63, 3.8) is 0 Å². The van der Waals surface area contributed by atoms with Crippen molar-refractivity contribution in [2.24, 2.45) is 22.0 Å². The molecule has 4 aliphatic heterocycles. The Morgan fingerprint density at radius 2 is 2.03 bits per heavy atom. The van der Waals surface area contributed by atoms with Crippen LogP contribution in [0.15, 0.2) is 15.9 Å². The SMILES string of the molecule is NC1CCN(C2CC3CC4C(F)=NS(F)=C4N4C5=C(OC(C2F)C34)C(=O)C(=O)CC5)C1. The summed E-state index contributed by atoms with van der Waals surface area (Å²) >= 11 is -2.19. The summed E-state index contributed by atoms with van der Waals surface area (Å²) in [7, 11) is 0. The molecular formula is C20H23F3N4O3S. The zero-order valence-corrected chi connectivity index (χ0v) is 17.5. The van der Waals surface area contributed by atoms with Gasteiger partial charge in [0.1, 0.15) is 16.0 Å². The normalized spacial score (nSPS) is 44.7. The summed E-state index contributed by atoms with van der Waals surface area (Å²) < 4.78 is 54.8. The molecule has 6 rings (SSSR count). The fourth-order valence-electron chi connectivity index (χ4n) is 6.27. The van der Waals surface area contributed by atoms with Crippen molar-refractivity contribution >= 4 is 33.6 Å². The molecule has 2 N–H and O–H groups in total. The van der Waals surface area contributed by atoms with E-state index in [1.165, 1.54) is 0 Å². The third-order valence-electron chi connectivity index (χ3n) is 7.63. The van der Waals surface area contributed by atoms with E-state index < -0.39 is 58.9 Å². The van der Waals surface area contributed by atoms with Gasteiger partial charge < -0.3 is 15.4 Å². The number of hydrogen-bond acceptors (Lipinski definition) is 7. The van der Waals surface area contributed by atoms with Crippen molar-refractivity contribution < 1.29 is 27.0 Å². The number of nitrogens with two attached hydrogens (primary N) is 1. The van der Waals surface area contributed by atoms with E-state index in [1.807, 2.05) is 4.90 Å². The molecule has 168 valence electrons. The van der Waals surface area contributed by atoms with Crippen LogP contribution in [0, 0.1) is 11.8 Å². The van der Waals surface area contributed by atoms with E-state index in [0.29, 0.717) is 31.6 Å². The molecule has 0 bridgehead atoms. The summed E-state index contributed by atoms with van der Waals surface area (Å²) in [6.45, 7) is 1.23. The molecule has 3 fully saturated rings. The highest BCUT2D eigenvalue weighted by molar-refractivity contribution is 8.10. The molecule has 0 spiro atoms. The number of hydrogen-bond donors (Lipinski definition) is 1. The number of alkyl halides is 1. The van der Waals surface area contributed by atoms with Gasteiger partial charge >= 0.3 is 0 Å². The molecule has 8 atom stereocenters. The number of Topliss-reactive ketones (excluding diaryl/α,β-unsaturated/α-hetero) is 2. The number of fused-ring (bicyclic) bond motifs is 3. The highest BCUT2D eigenvalue weighted by Crippen LogP contribution is 2.52. The van der Waals surface area contributed by atoms with Crippen molar-refractivity contribution in [1.82, 2.24) is 9.80 Å². The fourth-order valence-corrected chi connectivity index (χ4v) is 7.47. The minimum atomic E-state index is -2.19. The van der Waals surface area contributed by atoms with Crippen LogP contribution in [-0.4, -0.2) is 75.8 Å². The molecule has 0 aromatic rings. The molecule has 1 saturated carbocycles. The lowest BCUT2D eigenvalue weighted by Crippen LogP contribution is -2.68. The van der Waals surface area contributed by atoms with Crippen LogP contribution in [0.2, 0.25) is 0 Å². The number of piperidine rings is 1. The zero-order chi connectivity index (χ0) is 21.6. The molecule has 11 heteroatoms. The van der Waals surface area contributed by atoms with E-state index in [2.05, 4.69) is 4.40 Å². The number of likely N-dealkylation sites (tertiary alicyclic amines) is 1. The monoisotopic (exact) mass is 456 g/mol. The second kappa shape index (κ2) is 6.89. The predicted molar refractivity (Wildman–Crippen MR) is 108 cm³/mol. The number of halogens is 3. The molecule has 0 amide bonds. The summed E-state index contributed by atoms with van der Waals surface area (Å²) in [6.07, 6.45) is -0.745. The van der Waals surface area contributed by atoms with Gasteiger partial charge in [-0.05, 0) is 31.6 Å². The molecule has 0 radical (unpaired) electrons. The Bertz CT molecular complexity index is 985. The zero-order valence-electron chi connectivity index (χ0n) is 16.7. The van der Waals surface area contributed by atoms with Crippen LogP contribution in [0.25, 0.3) is 0 Å². The second-order valence-electron chi connectivity index (χ2n) is 9.30. The second-order valence-corrected chi connectivity index (χ2v) is 10.4. The van der Waals surface area contributed by atoms with Crippen LogP contribution >= 0.6 is 11.1 Å². The Labute approximate surface area is 179 Å². The lowest BCUT2D eigenvalue weighted by molar-refractivity contribution is -0.146. The number of allylic oxidation sites excluding steroid dienone is 2. The molecule has 2 saturated heterocycles. The Hall–Kier alpha value is -1.72. The van der Waals surface area contributed by atoms with Gasteiger partial charge in [0, 0.05) is 31.6 Å². The van der Waals surface area contributed by atoms with E-state index in [1.54, 1.807) is 4.90 Å². The summed E-state index contributed by atoms with van der Waals surface area (Å²) in [5.41, 5.74) is 6.41. The maximum atomic E-state index is 15.9. The fraction of sp³-hybridized carbons (Fsp3) is 0.700. The quantitative estimate of drug-likeness (QED) is 0.476.